The van der Waals surface area contributed by atoms with Crippen LogP contribution in [0.5, 0.6) is 0 Å². The molecule has 136 valence electrons. The summed E-state index contributed by atoms with van der Waals surface area (Å²) in [6.07, 6.45) is 5.65. The first-order valence-electron chi connectivity index (χ1n) is 9.09. The molecule has 1 aliphatic carbocycles. The second-order valence-electron chi connectivity index (χ2n) is 6.90. The third-order valence-corrected chi connectivity index (χ3v) is 4.81. The van der Waals surface area contributed by atoms with E-state index in [2.05, 4.69) is 15.6 Å². The number of ether oxygens (including phenoxy) is 1. The molecule has 1 amide bonds. The molecule has 26 heavy (non-hydrogen) atoms. The van der Waals surface area contributed by atoms with Gasteiger partial charge in [0, 0.05) is 18.8 Å². The number of aromatic nitrogens is 1. The van der Waals surface area contributed by atoms with E-state index in [1.807, 2.05) is 6.07 Å². The highest BCUT2D eigenvalue weighted by Gasteiger charge is 2.29. The van der Waals surface area contributed by atoms with Gasteiger partial charge < -0.3 is 15.4 Å². The van der Waals surface area contributed by atoms with Gasteiger partial charge in [-0.1, -0.05) is 12.1 Å². The van der Waals surface area contributed by atoms with Crippen molar-refractivity contribution in [3.8, 4) is 0 Å². The number of benzene rings is 1. The first kappa shape index (κ1) is 17.0. The number of hydrogen-bond acceptors (Lipinski definition) is 4. The molecule has 2 fully saturated rings. The van der Waals surface area contributed by atoms with Crippen molar-refractivity contribution in [1.82, 2.24) is 10.3 Å². The molecule has 4 rings (SSSR count). The zero-order chi connectivity index (χ0) is 17.9. The van der Waals surface area contributed by atoms with Crippen LogP contribution in [0.4, 0.5) is 10.2 Å². The molecule has 0 bridgehead atoms. The maximum Gasteiger partial charge on any atom is 0.253 e. The number of amides is 1. The van der Waals surface area contributed by atoms with Gasteiger partial charge in [-0.25, -0.2) is 9.37 Å². The summed E-state index contributed by atoms with van der Waals surface area (Å²) in [6, 6.07) is 10.0. The van der Waals surface area contributed by atoms with Crippen molar-refractivity contribution in [2.24, 2.45) is 0 Å². The van der Waals surface area contributed by atoms with Gasteiger partial charge in [0.25, 0.3) is 5.91 Å². The zero-order valence-corrected chi connectivity index (χ0v) is 14.5. The number of nitrogens with one attached hydrogen (secondary N) is 2. The fraction of sp³-hybridized carbons (Fsp3) is 0.400. The minimum absolute atomic E-state index is 0.104. The van der Waals surface area contributed by atoms with E-state index in [4.69, 9.17) is 4.74 Å². The third kappa shape index (κ3) is 4.02. The Morgan fingerprint density at radius 3 is 2.58 bits per heavy atom. The first-order valence-corrected chi connectivity index (χ1v) is 9.09. The molecular formula is C20H22FN3O2. The van der Waals surface area contributed by atoms with Gasteiger partial charge in [0.1, 0.15) is 11.6 Å². The first-order chi connectivity index (χ1) is 12.7. The van der Waals surface area contributed by atoms with Crippen LogP contribution in [0.1, 0.15) is 47.6 Å². The van der Waals surface area contributed by atoms with Gasteiger partial charge in [-0.05, 0) is 55.5 Å². The van der Waals surface area contributed by atoms with E-state index >= 15 is 0 Å². The fourth-order valence-corrected chi connectivity index (χ4v) is 3.20. The molecule has 0 radical (unpaired) electrons. The predicted octanol–water partition coefficient (Wildman–Crippen LogP) is 3.45. The summed E-state index contributed by atoms with van der Waals surface area (Å²) in [5.41, 5.74) is 1.34. The van der Waals surface area contributed by atoms with Crippen LogP contribution < -0.4 is 10.6 Å². The highest BCUT2D eigenvalue weighted by atomic mass is 19.1. The SMILES string of the molecule is O=C(N[C@H](c1ccc(F)cc1)[C@@H]1CCCO1)c1ccc(NC2CC2)nc1. The fourth-order valence-electron chi connectivity index (χ4n) is 3.20. The zero-order valence-electron chi connectivity index (χ0n) is 14.5. The predicted molar refractivity (Wildman–Crippen MR) is 96.5 cm³/mol. The second-order valence-corrected chi connectivity index (χ2v) is 6.90. The number of carbonyl (C=O) groups excluding carboxylic acids is 1. The largest absolute Gasteiger partial charge is 0.376 e. The van der Waals surface area contributed by atoms with E-state index in [1.165, 1.54) is 25.0 Å². The van der Waals surface area contributed by atoms with E-state index in [-0.39, 0.29) is 23.9 Å². The average molecular weight is 355 g/mol. The molecule has 2 aromatic rings. The lowest BCUT2D eigenvalue weighted by molar-refractivity contribution is 0.0672. The van der Waals surface area contributed by atoms with Gasteiger partial charge in [-0.15, -0.1) is 0 Å². The Labute approximate surface area is 152 Å². The molecule has 2 atom stereocenters. The molecule has 0 unspecified atom stereocenters. The van der Waals surface area contributed by atoms with Crippen LogP contribution in [-0.2, 0) is 4.74 Å². The summed E-state index contributed by atoms with van der Waals surface area (Å²) in [6.45, 7) is 0.682. The van der Waals surface area contributed by atoms with Crippen molar-refractivity contribution in [1.29, 1.82) is 0 Å². The second kappa shape index (κ2) is 7.41. The maximum absolute atomic E-state index is 13.3. The monoisotopic (exact) mass is 355 g/mol. The molecule has 2 N–H and O–H groups in total. The Morgan fingerprint density at radius 2 is 1.96 bits per heavy atom. The number of hydrogen-bond donors (Lipinski definition) is 2. The molecule has 2 aliphatic rings. The van der Waals surface area contributed by atoms with Gasteiger partial charge in [0.05, 0.1) is 17.7 Å². The lowest BCUT2D eigenvalue weighted by Crippen LogP contribution is -2.36. The third-order valence-electron chi connectivity index (χ3n) is 4.81. The Hall–Kier alpha value is -2.47. The van der Waals surface area contributed by atoms with Crippen molar-refractivity contribution in [2.45, 2.75) is 43.9 Å². The van der Waals surface area contributed by atoms with Crippen molar-refractivity contribution in [2.75, 3.05) is 11.9 Å². The van der Waals surface area contributed by atoms with Crippen molar-refractivity contribution in [3.63, 3.8) is 0 Å². The number of anilines is 1. The summed E-state index contributed by atoms with van der Waals surface area (Å²) in [4.78, 5) is 17.0. The van der Waals surface area contributed by atoms with Crippen molar-refractivity contribution >= 4 is 11.7 Å². The molecule has 1 saturated carbocycles. The van der Waals surface area contributed by atoms with Gasteiger partial charge in [-0.3, -0.25) is 4.79 Å². The molecule has 0 spiro atoms. The maximum atomic E-state index is 13.3. The Morgan fingerprint density at radius 1 is 1.15 bits per heavy atom. The minimum atomic E-state index is -0.310. The van der Waals surface area contributed by atoms with E-state index in [0.29, 0.717) is 18.2 Å². The molecule has 5 nitrogen and oxygen atoms in total. The highest BCUT2D eigenvalue weighted by Crippen LogP contribution is 2.28. The molecule has 2 heterocycles. The summed E-state index contributed by atoms with van der Waals surface area (Å²) in [7, 11) is 0. The van der Waals surface area contributed by atoms with Crippen LogP contribution in [-0.4, -0.2) is 29.6 Å². The van der Waals surface area contributed by atoms with Gasteiger partial charge in [-0.2, -0.15) is 0 Å². The Kier molecular flexibility index (Phi) is 4.84. The van der Waals surface area contributed by atoms with Crippen LogP contribution in [0.15, 0.2) is 42.6 Å². The van der Waals surface area contributed by atoms with E-state index in [1.54, 1.807) is 24.4 Å². The van der Waals surface area contributed by atoms with Gasteiger partial charge in [0.15, 0.2) is 0 Å². The normalized spacial score (nSPS) is 20.6. The number of carbonyl (C=O) groups is 1. The van der Waals surface area contributed by atoms with Crippen LogP contribution in [0, 0.1) is 5.82 Å². The highest BCUT2D eigenvalue weighted by molar-refractivity contribution is 5.94. The van der Waals surface area contributed by atoms with Crippen LogP contribution in [0.25, 0.3) is 0 Å². The van der Waals surface area contributed by atoms with Gasteiger partial charge in [0.2, 0.25) is 0 Å². The average Bonchev–Trinajstić information content (AvgIpc) is 3.30. The van der Waals surface area contributed by atoms with Crippen LogP contribution in [0.2, 0.25) is 0 Å². The van der Waals surface area contributed by atoms with E-state index < -0.39 is 0 Å². The molecule has 1 aromatic carbocycles. The number of rotatable bonds is 6. The minimum Gasteiger partial charge on any atom is -0.376 e. The van der Waals surface area contributed by atoms with Crippen molar-refractivity contribution < 1.29 is 13.9 Å². The Balaban J connectivity index is 1.48. The molecule has 1 aliphatic heterocycles. The lowest BCUT2D eigenvalue weighted by Gasteiger charge is -2.25. The lowest BCUT2D eigenvalue weighted by atomic mass is 9.99. The summed E-state index contributed by atoms with van der Waals surface area (Å²) < 4.78 is 19.0. The van der Waals surface area contributed by atoms with Crippen LogP contribution in [0.3, 0.4) is 0 Å². The number of halogens is 1. The van der Waals surface area contributed by atoms with Crippen LogP contribution >= 0.6 is 0 Å². The van der Waals surface area contributed by atoms with Crippen molar-refractivity contribution in [3.05, 3.63) is 59.5 Å². The molecule has 1 aromatic heterocycles. The topological polar surface area (TPSA) is 63.2 Å². The molecular weight excluding hydrogens is 333 g/mol. The summed E-state index contributed by atoms with van der Waals surface area (Å²) in [5.74, 6) is 0.285. The van der Waals surface area contributed by atoms with E-state index in [0.717, 1.165) is 24.2 Å². The quantitative estimate of drug-likeness (QED) is 0.833. The molecule has 1 saturated heterocycles. The van der Waals surface area contributed by atoms with Gasteiger partial charge >= 0.3 is 0 Å². The Bertz CT molecular complexity index is 754. The number of pyridine rings is 1. The molecule has 6 heteroatoms. The summed E-state index contributed by atoms with van der Waals surface area (Å²) in [5, 5.41) is 6.34. The summed E-state index contributed by atoms with van der Waals surface area (Å²) >= 11 is 0. The smallest absolute Gasteiger partial charge is 0.253 e. The van der Waals surface area contributed by atoms with E-state index in [9.17, 15) is 9.18 Å². The number of nitrogens with zero attached hydrogens (tertiary/aromatic N) is 1. The standard InChI is InChI=1S/C20H22FN3O2/c21-15-6-3-13(4-7-15)19(17-2-1-11-26-17)24-20(25)14-5-10-18(22-12-14)23-16-8-9-16/h3-7,10,12,16-17,19H,1-2,8-9,11H2,(H,22,23)(H,24,25)/t17-,19+/m0/s1.